The molecule has 0 fully saturated rings. The van der Waals surface area contributed by atoms with Gasteiger partial charge >= 0.3 is 0 Å². The minimum atomic E-state index is -0.128. The Hall–Kier alpha value is -2.62. The van der Waals surface area contributed by atoms with E-state index in [4.69, 9.17) is 4.74 Å². The fraction of sp³-hybridized carbons (Fsp3) is 0.333. The van der Waals surface area contributed by atoms with Crippen LogP contribution in [0.5, 0.6) is 5.75 Å². The SMILES string of the molecule is COc1ccc(/C(C)=N\NC(=O)Cc2ccc(C(C)(C)C)cc2)cc1. The topological polar surface area (TPSA) is 50.7 Å². The maximum absolute atomic E-state index is 12.1. The Morgan fingerprint density at radius 1 is 1.04 bits per heavy atom. The van der Waals surface area contributed by atoms with E-state index in [9.17, 15) is 4.79 Å². The quantitative estimate of drug-likeness (QED) is 0.660. The Morgan fingerprint density at radius 2 is 1.64 bits per heavy atom. The summed E-state index contributed by atoms with van der Waals surface area (Å²) in [5.74, 6) is 0.663. The minimum Gasteiger partial charge on any atom is -0.497 e. The summed E-state index contributed by atoms with van der Waals surface area (Å²) in [6.07, 6.45) is 0.309. The molecule has 4 heteroatoms. The summed E-state index contributed by atoms with van der Waals surface area (Å²) in [6, 6.07) is 15.7. The van der Waals surface area contributed by atoms with Crippen LogP contribution in [0.15, 0.2) is 53.6 Å². The third kappa shape index (κ3) is 5.45. The van der Waals surface area contributed by atoms with Crippen LogP contribution in [0, 0.1) is 0 Å². The van der Waals surface area contributed by atoms with Crippen molar-refractivity contribution in [2.24, 2.45) is 5.10 Å². The fourth-order valence-corrected chi connectivity index (χ4v) is 2.39. The number of carbonyl (C=O) groups excluding carboxylic acids is 1. The second-order valence-corrected chi connectivity index (χ2v) is 7.08. The third-order valence-corrected chi connectivity index (χ3v) is 4.04. The Morgan fingerprint density at radius 3 is 2.16 bits per heavy atom. The number of amides is 1. The predicted molar refractivity (Wildman–Crippen MR) is 102 cm³/mol. The van der Waals surface area contributed by atoms with Crippen molar-refractivity contribution < 1.29 is 9.53 Å². The van der Waals surface area contributed by atoms with Gasteiger partial charge in [0, 0.05) is 0 Å². The highest BCUT2D eigenvalue weighted by Gasteiger charge is 2.13. The largest absolute Gasteiger partial charge is 0.497 e. The van der Waals surface area contributed by atoms with E-state index in [2.05, 4.69) is 43.4 Å². The summed E-state index contributed by atoms with van der Waals surface area (Å²) in [7, 11) is 1.63. The number of hydrogen-bond acceptors (Lipinski definition) is 3. The molecule has 0 radical (unpaired) electrons. The van der Waals surface area contributed by atoms with Gasteiger partial charge in [-0.15, -0.1) is 0 Å². The van der Waals surface area contributed by atoms with Crippen molar-refractivity contribution in [1.29, 1.82) is 0 Å². The number of ether oxygens (including phenoxy) is 1. The second-order valence-electron chi connectivity index (χ2n) is 7.08. The summed E-state index contributed by atoms with van der Waals surface area (Å²) in [5.41, 5.74) is 6.65. The van der Waals surface area contributed by atoms with E-state index in [1.165, 1.54) is 5.56 Å². The maximum Gasteiger partial charge on any atom is 0.244 e. The van der Waals surface area contributed by atoms with Gasteiger partial charge in [-0.1, -0.05) is 45.0 Å². The lowest BCUT2D eigenvalue weighted by Crippen LogP contribution is -2.21. The molecule has 25 heavy (non-hydrogen) atoms. The smallest absolute Gasteiger partial charge is 0.244 e. The lowest BCUT2D eigenvalue weighted by atomic mass is 9.86. The average molecular weight is 338 g/mol. The highest BCUT2D eigenvalue weighted by Crippen LogP contribution is 2.22. The zero-order chi connectivity index (χ0) is 18.4. The third-order valence-electron chi connectivity index (χ3n) is 4.04. The number of nitrogens with one attached hydrogen (secondary N) is 1. The summed E-state index contributed by atoms with van der Waals surface area (Å²) >= 11 is 0. The zero-order valence-electron chi connectivity index (χ0n) is 15.6. The lowest BCUT2D eigenvalue weighted by molar-refractivity contribution is -0.120. The Kier molecular flexibility index (Phi) is 5.97. The fourth-order valence-electron chi connectivity index (χ4n) is 2.39. The first-order chi connectivity index (χ1) is 11.8. The number of nitrogens with zero attached hydrogens (tertiary/aromatic N) is 1. The number of hydrazone groups is 1. The number of benzene rings is 2. The molecule has 2 aromatic carbocycles. The van der Waals surface area contributed by atoms with Crippen LogP contribution in [0.1, 0.15) is 44.4 Å². The molecule has 1 N–H and O–H groups in total. The summed E-state index contributed by atoms with van der Waals surface area (Å²) in [6.45, 7) is 8.38. The van der Waals surface area contributed by atoms with Crippen molar-refractivity contribution in [2.45, 2.75) is 39.5 Å². The molecule has 2 aromatic rings. The van der Waals surface area contributed by atoms with E-state index in [0.717, 1.165) is 22.6 Å². The molecule has 0 bridgehead atoms. The Balaban J connectivity index is 1.95. The van der Waals surface area contributed by atoms with Crippen LogP contribution in [-0.4, -0.2) is 18.7 Å². The molecule has 0 atom stereocenters. The minimum absolute atomic E-state index is 0.112. The Labute approximate surface area is 149 Å². The summed E-state index contributed by atoms with van der Waals surface area (Å²) < 4.78 is 5.13. The predicted octanol–water partition coefficient (Wildman–Crippen LogP) is 4.08. The lowest BCUT2D eigenvalue weighted by Gasteiger charge is -2.19. The molecule has 4 nitrogen and oxygen atoms in total. The van der Waals surface area contributed by atoms with E-state index in [-0.39, 0.29) is 11.3 Å². The van der Waals surface area contributed by atoms with Gasteiger partial charge in [-0.25, -0.2) is 5.43 Å². The monoisotopic (exact) mass is 338 g/mol. The molecule has 0 spiro atoms. The second kappa shape index (κ2) is 7.97. The van der Waals surface area contributed by atoms with E-state index >= 15 is 0 Å². The van der Waals surface area contributed by atoms with Crippen LogP contribution in [0.4, 0.5) is 0 Å². The molecule has 0 aliphatic carbocycles. The molecular formula is C21H26N2O2. The van der Waals surface area contributed by atoms with Gasteiger partial charge in [-0.05, 0) is 53.3 Å². The normalized spacial score (nSPS) is 12.0. The van der Waals surface area contributed by atoms with Gasteiger partial charge < -0.3 is 4.74 Å². The number of carbonyl (C=O) groups is 1. The highest BCUT2D eigenvalue weighted by atomic mass is 16.5. The van der Waals surface area contributed by atoms with Gasteiger partial charge in [-0.2, -0.15) is 5.10 Å². The zero-order valence-corrected chi connectivity index (χ0v) is 15.6. The van der Waals surface area contributed by atoms with Gasteiger partial charge in [0.25, 0.3) is 0 Å². The molecule has 0 saturated heterocycles. The van der Waals surface area contributed by atoms with Crippen molar-refractivity contribution in [3.63, 3.8) is 0 Å². The van der Waals surface area contributed by atoms with Crippen molar-refractivity contribution in [1.82, 2.24) is 5.43 Å². The summed E-state index contributed by atoms with van der Waals surface area (Å²) in [5, 5.41) is 4.18. The van der Waals surface area contributed by atoms with Crippen LogP contribution < -0.4 is 10.2 Å². The van der Waals surface area contributed by atoms with Gasteiger partial charge in [0.2, 0.25) is 5.91 Å². The molecular weight excluding hydrogens is 312 g/mol. The molecule has 0 aromatic heterocycles. The number of rotatable bonds is 5. The molecule has 0 heterocycles. The van der Waals surface area contributed by atoms with E-state index in [0.29, 0.717) is 6.42 Å². The first-order valence-electron chi connectivity index (χ1n) is 8.36. The van der Waals surface area contributed by atoms with Gasteiger partial charge in [0.1, 0.15) is 5.75 Å². The molecule has 1 amide bonds. The van der Waals surface area contributed by atoms with Crippen LogP contribution in [0.2, 0.25) is 0 Å². The van der Waals surface area contributed by atoms with Crippen molar-refractivity contribution in [3.8, 4) is 5.75 Å². The van der Waals surface area contributed by atoms with Crippen molar-refractivity contribution >= 4 is 11.6 Å². The summed E-state index contributed by atoms with van der Waals surface area (Å²) in [4.78, 5) is 12.1. The number of hydrogen-bond donors (Lipinski definition) is 1. The van der Waals surface area contributed by atoms with Crippen LogP contribution in [0.3, 0.4) is 0 Å². The molecule has 0 aliphatic rings. The average Bonchev–Trinajstić information content (AvgIpc) is 2.59. The first-order valence-corrected chi connectivity index (χ1v) is 8.36. The van der Waals surface area contributed by atoms with Gasteiger partial charge in [-0.3, -0.25) is 4.79 Å². The van der Waals surface area contributed by atoms with E-state index in [1.807, 2.05) is 43.3 Å². The van der Waals surface area contributed by atoms with Gasteiger partial charge in [0.15, 0.2) is 0 Å². The van der Waals surface area contributed by atoms with Crippen molar-refractivity contribution in [3.05, 3.63) is 65.2 Å². The first kappa shape index (κ1) is 18.7. The van der Waals surface area contributed by atoms with Gasteiger partial charge in [0.05, 0.1) is 19.2 Å². The van der Waals surface area contributed by atoms with Crippen LogP contribution in [0.25, 0.3) is 0 Å². The van der Waals surface area contributed by atoms with E-state index in [1.54, 1.807) is 7.11 Å². The molecule has 0 unspecified atom stereocenters. The Bertz CT molecular complexity index is 739. The molecule has 0 saturated carbocycles. The number of methoxy groups -OCH3 is 1. The van der Waals surface area contributed by atoms with Crippen molar-refractivity contribution in [2.75, 3.05) is 7.11 Å². The van der Waals surface area contributed by atoms with Crippen LogP contribution in [-0.2, 0) is 16.6 Å². The van der Waals surface area contributed by atoms with Crippen LogP contribution >= 0.6 is 0 Å². The van der Waals surface area contributed by atoms with E-state index < -0.39 is 0 Å². The highest BCUT2D eigenvalue weighted by molar-refractivity contribution is 5.99. The molecule has 0 aliphatic heterocycles. The molecule has 132 valence electrons. The standard InChI is InChI=1S/C21H26N2O2/c1-15(17-8-12-19(25-5)13-9-17)22-23-20(24)14-16-6-10-18(11-7-16)21(2,3)4/h6-13H,14H2,1-5H3,(H,23,24)/b22-15-. The maximum atomic E-state index is 12.1. The molecule has 2 rings (SSSR count).